The Morgan fingerprint density at radius 3 is 1.36 bits per heavy atom. The summed E-state index contributed by atoms with van der Waals surface area (Å²) in [6.07, 6.45) is 7.30. The summed E-state index contributed by atoms with van der Waals surface area (Å²) in [5.41, 5.74) is 2.60. The Labute approximate surface area is 153 Å². The van der Waals surface area contributed by atoms with E-state index in [0.29, 0.717) is 0 Å². The van der Waals surface area contributed by atoms with Crippen LogP contribution in [0.3, 0.4) is 0 Å². The lowest BCUT2D eigenvalue weighted by Crippen LogP contribution is -2.38. The second kappa shape index (κ2) is 8.81. The van der Waals surface area contributed by atoms with Crippen LogP contribution < -0.4 is 0 Å². The van der Waals surface area contributed by atoms with Gasteiger partial charge in [-0.05, 0) is 44.3 Å². The van der Waals surface area contributed by atoms with E-state index in [4.69, 9.17) is 18.9 Å². The van der Waals surface area contributed by atoms with E-state index in [-0.39, 0.29) is 23.4 Å². The highest BCUT2D eigenvalue weighted by molar-refractivity contribution is 5.05. The third-order valence-corrected chi connectivity index (χ3v) is 4.59. The van der Waals surface area contributed by atoms with Gasteiger partial charge in [0.25, 0.3) is 0 Å². The molecule has 0 aromatic rings. The smallest absolute Gasteiger partial charge is 0.179 e. The van der Waals surface area contributed by atoms with Crippen LogP contribution >= 0.6 is 0 Å². The molecule has 0 radical (unpaired) electrons. The molecule has 0 spiro atoms. The predicted octanol–water partition coefficient (Wildman–Crippen LogP) is 4.85. The molecule has 0 bridgehead atoms. The van der Waals surface area contributed by atoms with Gasteiger partial charge in [0.2, 0.25) is 0 Å². The Balaban J connectivity index is 1.66. The highest BCUT2D eigenvalue weighted by Crippen LogP contribution is 2.27. The number of unbranched alkanes of at least 4 members (excludes halogenated alkanes) is 2. The molecule has 0 N–H and O–H groups in total. The van der Waals surface area contributed by atoms with Crippen molar-refractivity contribution in [2.24, 2.45) is 10.8 Å². The molecule has 4 nitrogen and oxygen atoms in total. The molecule has 0 aliphatic carbocycles. The number of ether oxygens (including phenoxy) is 4. The van der Waals surface area contributed by atoms with Gasteiger partial charge in [-0.1, -0.05) is 39.8 Å². The minimum Gasteiger partial charge on any atom is -0.348 e. The maximum atomic E-state index is 5.81. The first kappa shape index (κ1) is 20.6. The van der Waals surface area contributed by atoms with E-state index in [9.17, 15) is 0 Å². The van der Waals surface area contributed by atoms with Crippen molar-refractivity contribution in [2.75, 3.05) is 26.4 Å². The minimum atomic E-state index is -0.169. The van der Waals surface area contributed by atoms with E-state index >= 15 is 0 Å². The summed E-state index contributed by atoms with van der Waals surface area (Å²) in [5.74, 6) is 0. The van der Waals surface area contributed by atoms with Gasteiger partial charge >= 0.3 is 0 Å². The largest absolute Gasteiger partial charge is 0.348 e. The topological polar surface area (TPSA) is 36.9 Å². The summed E-state index contributed by atoms with van der Waals surface area (Å²) < 4.78 is 23.2. The summed E-state index contributed by atoms with van der Waals surface area (Å²) in [6, 6.07) is 0. The van der Waals surface area contributed by atoms with Crippen molar-refractivity contribution in [3.8, 4) is 0 Å². The SMILES string of the molecule is C/C(=C\CCC/C=C(\C)C1OCC(C)(C)CO1)C1OCC(C)(C)CO1. The summed E-state index contributed by atoms with van der Waals surface area (Å²) >= 11 is 0. The molecule has 0 atom stereocenters. The van der Waals surface area contributed by atoms with E-state index < -0.39 is 0 Å². The monoisotopic (exact) mass is 352 g/mol. The minimum absolute atomic E-state index is 0.123. The maximum absolute atomic E-state index is 5.81. The molecule has 0 unspecified atom stereocenters. The molecule has 25 heavy (non-hydrogen) atoms. The second-order valence-electron chi connectivity index (χ2n) is 9.06. The zero-order valence-corrected chi connectivity index (χ0v) is 16.9. The van der Waals surface area contributed by atoms with E-state index in [0.717, 1.165) is 45.7 Å². The molecule has 2 saturated heterocycles. The Bertz CT molecular complexity index is 426. The van der Waals surface area contributed by atoms with E-state index in [1.165, 1.54) is 11.1 Å². The van der Waals surface area contributed by atoms with Crippen molar-refractivity contribution in [3.05, 3.63) is 23.3 Å². The number of rotatable bonds is 6. The number of hydrogen-bond donors (Lipinski definition) is 0. The highest BCUT2D eigenvalue weighted by atomic mass is 16.7. The summed E-state index contributed by atoms with van der Waals surface area (Å²) in [7, 11) is 0. The molecule has 2 aliphatic rings. The maximum Gasteiger partial charge on any atom is 0.179 e. The van der Waals surface area contributed by atoms with Gasteiger partial charge in [0.05, 0.1) is 26.4 Å². The zero-order valence-electron chi connectivity index (χ0n) is 16.9. The zero-order chi connectivity index (χ0) is 18.5. The van der Waals surface area contributed by atoms with Gasteiger partial charge < -0.3 is 18.9 Å². The van der Waals surface area contributed by atoms with Crippen molar-refractivity contribution >= 4 is 0 Å². The number of hydrogen-bond acceptors (Lipinski definition) is 4. The lowest BCUT2D eigenvalue weighted by atomic mass is 9.95. The Morgan fingerprint density at radius 2 is 1.04 bits per heavy atom. The highest BCUT2D eigenvalue weighted by Gasteiger charge is 2.29. The fourth-order valence-electron chi connectivity index (χ4n) is 2.88. The summed E-state index contributed by atoms with van der Waals surface area (Å²) in [6.45, 7) is 15.9. The molecule has 2 fully saturated rings. The molecule has 0 amide bonds. The molecule has 144 valence electrons. The molecular weight excluding hydrogens is 316 g/mol. The third kappa shape index (κ3) is 6.86. The van der Waals surface area contributed by atoms with Crippen molar-refractivity contribution in [3.63, 3.8) is 0 Å². The lowest BCUT2D eigenvalue weighted by molar-refractivity contribution is -0.202. The molecule has 0 aromatic carbocycles. The van der Waals surface area contributed by atoms with Gasteiger partial charge in [-0.25, -0.2) is 0 Å². The van der Waals surface area contributed by atoms with E-state index in [1.54, 1.807) is 0 Å². The van der Waals surface area contributed by atoms with Gasteiger partial charge in [0.1, 0.15) is 0 Å². The third-order valence-electron chi connectivity index (χ3n) is 4.59. The Hall–Kier alpha value is -0.680. The lowest BCUT2D eigenvalue weighted by Gasteiger charge is -2.35. The van der Waals surface area contributed by atoms with Gasteiger partial charge in [-0.2, -0.15) is 0 Å². The second-order valence-corrected chi connectivity index (χ2v) is 9.06. The van der Waals surface area contributed by atoms with Crippen molar-refractivity contribution in [1.82, 2.24) is 0 Å². The van der Waals surface area contributed by atoms with Gasteiger partial charge in [0.15, 0.2) is 12.6 Å². The van der Waals surface area contributed by atoms with Crippen molar-refractivity contribution in [2.45, 2.75) is 73.4 Å². The van der Waals surface area contributed by atoms with Gasteiger partial charge in [-0.15, -0.1) is 0 Å². The average Bonchev–Trinajstić information content (AvgIpc) is 2.54. The van der Waals surface area contributed by atoms with E-state index in [2.05, 4.69) is 53.7 Å². The van der Waals surface area contributed by atoms with Gasteiger partial charge in [0, 0.05) is 10.8 Å². The molecule has 2 heterocycles. The van der Waals surface area contributed by atoms with Crippen LogP contribution in [0.15, 0.2) is 23.3 Å². The molecule has 2 aliphatic heterocycles. The Morgan fingerprint density at radius 1 is 0.720 bits per heavy atom. The van der Waals surface area contributed by atoms with Crippen LogP contribution in [0, 0.1) is 10.8 Å². The van der Waals surface area contributed by atoms with Crippen LogP contribution in [0.25, 0.3) is 0 Å². The number of allylic oxidation sites excluding steroid dienone is 2. The molecular formula is C21H36O4. The first-order valence-electron chi connectivity index (χ1n) is 9.48. The van der Waals surface area contributed by atoms with Crippen LogP contribution in [0.1, 0.15) is 60.8 Å². The van der Waals surface area contributed by atoms with Crippen LogP contribution in [0.2, 0.25) is 0 Å². The molecule has 2 rings (SSSR count). The van der Waals surface area contributed by atoms with Gasteiger partial charge in [-0.3, -0.25) is 0 Å². The van der Waals surface area contributed by atoms with Crippen LogP contribution in [0.4, 0.5) is 0 Å². The van der Waals surface area contributed by atoms with Crippen LogP contribution in [0.5, 0.6) is 0 Å². The first-order chi connectivity index (χ1) is 11.7. The average molecular weight is 353 g/mol. The van der Waals surface area contributed by atoms with Crippen LogP contribution in [-0.4, -0.2) is 39.0 Å². The summed E-state index contributed by atoms with van der Waals surface area (Å²) in [4.78, 5) is 0. The summed E-state index contributed by atoms with van der Waals surface area (Å²) in [5, 5.41) is 0. The molecule has 0 aromatic heterocycles. The fourth-order valence-corrected chi connectivity index (χ4v) is 2.88. The van der Waals surface area contributed by atoms with Crippen molar-refractivity contribution in [1.29, 1.82) is 0 Å². The first-order valence-corrected chi connectivity index (χ1v) is 9.48. The van der Waals surface area contributed by atoms with E-state index in [1.807, 2.05) is 0 Å². The van der Waals surface area contributed by atoms with Crippen LogP contribution in [-0.2, 0) is 18.9 Å². The van der Waals surface area contributed by atoms with Crippen molar-refractivity contribution < 1.29 is 18.9 Å². The quantitative estimate of drug-likeness (QED) is 0.506. The fraction of sp³-hybridized carbons (Fsp3) is 0.810. The normalized spacial score (nSPS) is 26.0. The standard InChI is InChI=1S/C21H36O4/c1-16(18-22-12-20(3,4)13-23-18)10-8-7-9-11-17(2)19-24-14-21(5,6)15-25-19/h10-11,18-19H,7-9,12-15H2,1-6H3/b16-10+,17-11+. The Kier molecular flexibility index (Phi) is 7.27. The molecule has 4 heteroatoms. The molecule has 0 saturated carbocycles. The predicted molar refractivity (Wildman–Crippen MR) is 100 cm³/mol.